The average molecular weight is 1740 g/mol. The van der Waals surface area contributed by atoms with Crippen LogP contribution in [0.4, 0.5) is 27.7 Å². The fourth-order valence-corrected chi connectivity index (χ4v) is 19.7. The maximum absolute atomic E-state index is 13.2. The van der Waals surface area contributed by atoms with Gasteiger partial charge in [-0.25, -0.2) is 44.3 Å². The number of aryl methyl sites for hydroxylation is 8. The van der Waals surface area contributed by atoms with E-state index in [1.54, 1.807) is 36.4 Å². The van der Waals surface area contributed by atoms with Crippen LogP contribution in [-0.4, -0.2) is 68.6 Å². The molecule has 0 bridgehead atoms. The van der Waals surface area contributed by atoms with Crippen LogP contribution < -0.4 is 21.3 Å². The van der Waals surface area contributed by atoms with Gasteiger partial charge in [0.15, 0.2) is 23.3 Å². The number of phenolic OH excluding ortho intramolecular Hbond substituents is 1. The monoisotopic (exact) mass is 1730 g/mol. The summed E-state index contributed by atoms with van der Waals surface area (Å²) in [6.07, 6.45) is 31.7. The molecule has 12 aromatic rings. The van der Waals surface area contributed by atoms with Crippen LogP contribution >= 0.6 is 27.5 Å². The van der Waals surface area contributed by atoms with E-state index < -0.39 is 0 Å². The van der Waals surface area contributed by atoms with Crippen LogP contribution in [0.1, 0.15) is 242 Å². The van der Waals surface area contributed by atoms with Crippen molar-refractivity contribution in [3.8, 4) is 50.8 Å². The van der Waals surface area contributed by atoms with Gasteiger partial charge in [-0.3, -0.25) is 19.2 Å². The molecule has 632 valence electrons. The number of anilines is 4. The van der Waals surface area contributed by atoms with Crippen molar-refractivity contribution in [3.63, 3.8) is 0 Å². The average Bonchev–Trinajstić information content (AvgIpc) is 0.781. The summed E-state index contributed by atoms with van der Waals surface area (Å²) in [6, 6.07) is 61.9. The molecule has 0 unspecified atom stereocenters. The molecule has 124 heavy (non-hydrogen) atoms. The Labute approximate surface area is 738 Å². The van der Waals surface area contributed by atoms with Crippen LogP contribution in [0.3, 0.4) is 0 Å². The van der Waals surface area contributed by atoms with Gasteiger partial charge in [0.25, 0.3) is 0 Å². The van der Waals surface area contributed by atoms with Crippen molar-refractivity contribution in [3.05, 3.63) is 299 Å². The zero-order valence-electron chi connectivity index (χ0n) is 70.2. The van der Waals surface area contributed by atoms with Gasteiger partial charge in [0.05, 0.1) is 94.0 Å². The molecule has 5 N–H and O–H groups in total. The molecule has 0 spiro atoms. The maximum Gasteiger partial charge on any atom is 0.229 e. The van der Waals surface area contributed by atoms with E-state index in [-0.39, 0.29) is 48.0 Å². The minimum absolute atomic E-state index is 0.0372. The lowest BCUT2D eigenvalue weighted by Gasteiger charge is -2.26. The van der Waals surface area contributed by atoms with Gasteiger partial charge in [0, 0.05) is 55.4 Å². The molecule has 4 aromatic heterocycles. The number of aromatic hydroxyl groups is 1. The lowest BCUT2D eigenvalue weighted by Crippen LogP contribution is -2.21. The Morgan fingerprint density at radius 3 is 0.831 bits per heavy atom. The number of hydrogen-bond acceptors (Lipinski definition) is 13. The standard InChI is InChI=1S/C26H26BrN3O.C26H26ClN3O.C26H26FN3O.C26H27N3O2/c3*27-20-13-10-17(11-14-20)16-23(31)29-26-24(19-7-2-1-3-8-19)30-25-21-9-5-4-6-18(21)12-15-22(25)28-26;30-20-13-10-17(11-14-20)16-23(31)28-26-24(19-7-2-1-3-8-19)29-25-21-9-5-4-6-18(21)12-15-22(25)27-26/h3*4-6,9-11,13-14,19H,1-3,7-8,12,15-16H2,(H,28,29,31);4-6,9-11,13-14,19,30H,1-3,7-8,12,15-16H2,(H,27,28,31). The van der Waals surface area contributed by atoms with Gasteiger partial charge in [0.1, 0.15) is 11.6 Å². The molecule has 8 aliphatic carbocycles. The topological polar surface area (TPSA) is 240 Å². The van der Waals surface area contributed by atoms with E-state index in [0.717, 1.165) is 203 Å². The second kappa shape index (κ2) is 40.0. The number of phenols is 1. The summed E-state index contributed by atoms with van der Waals surface area (Å²) in [7, 11) is 0. The molecule has 4 saturated carbocycles. The number of carbonyl (C=O) groups excluding carboxylic acids is 4. The Hall–Kier alpha value is -11.5. The molecule has 0 radical (unpaired) electrons. The number of rotatable bonds is 16. The SMILES string of the molecule is O=C(Cc1ccc(Br)cc1)Nc1nc2c(nc1C1CCCCC1)-c1ccccc1CC2.O=C(Cc1ccc(Cl)cc1)Nc1nc2c(nc1C1CCCCC1)-c1ccccc1CC2.O=C(Cc1ccc(F)cc1)Nc1nc2c(nc1C1CCCCC1)-c1ccccc1CC2.O=C(Cc1ccc(O)cc1)Nc1nc2c(nc1C1CCCCC1)-c1ccccc1CC2. The summed E-state index contributed by atoms with van der Waals surface area (Å²) >= 11 is 9.42. The number of carbonyl (C=O) groups is 4. The van der Waals surface area contributed by atoms with Crippen LogP contribution in [0.25, 0.3) is 45.0 Å². The zero-order chi connectivity index (χ0) is 84.8. The van der Waals surface area contributed by atoms with E-state index in [4.69, 9.17) is 51.5 Å². The Kier molecular flexibility index (Phi) is 27.3. The molecule has 0 saturated heterocycles. The molecule has 0 aliphatic heterocycles. The number of hydrogen-bond donors (Lipinski definition) is 5. The largest absolute Gasteiger partial charge is 0.508 e. The fraction of sp³-hybridized carbons (Fsp3) is 0.346. The lowest BCUT2D eigenvalue weighted by molar-refractivity contribution is -0.116. The Bertz CT molecular complexity index is 5130. The predicted molar refractivity (Wildman–Crippen MR) is 492 cm³/mol. The third kappa shape index (κ3) is 20.8. The molecule has 4 fully saturated rings. The van der Waals surface area contributed by atoms with Crippen LogP contribution in [0.2, 0.25) is 5.02 Å². The number of fused-ring (bicyclic) bond motifs is 12. The minimum Gasteiger partial charge on any atom is -0.508 e. The third-order valence-corrected chi connectivity index (χ3v) is 26.5. The molecule has 8 aromatic carbocycles. The second-order valence-electron chi connectivity index (χ2n) is 34.4. The van der Waals surface area contributed by atoms with E-state index in [2.05, 4.69) is 128 Å². The first kappa shape index (κ1) is 84.7. The normalized spacial score (nSPS) is 15.8. The van der Waals surface area contributed by atoms with Gasteiger partial charge in [-0.15, -0.1) is 0 Å². The molecule has 20 heteroatoms. The molecule has 17 nitrogen and oxygen atoms in total. The number of halogens is 3. The molecule has 8 aliphatic rings. The lowest BCUT2D eigenvalue weighted by atomic mass is 9.85. The summed E-state index contributed by atoms with van der Waals surface area (Å²) in [5.41, 5.74) is 25.2. The summed E-state index contributed by atoms with van der Waals surface area (Å²) in [5, 5.41) is 22.5. The van der Waals surface area contributed by atoms with Gasteiger partial charge in [0.2, 0.25) is 23.6 Å². The highest BCUT2D eigenvalue weighted by Crippen LogP contribution is 2.45. The summed E-state index contributed by atoms with van der Waals surface area (Å²) < 4.78 is 14.2. The number of amides is 4. The first-order valence-corrected chi connectivity index (χ1v) is 46.0. The van der Waals surface area contributed by atoms with Crippen molar-refractivity contribution in [1.29, 1.82) is 0 Å². The van der Waals surface area contributed by atoms with Gasteiger partial charge >= 0.3 is 0 Å². The third-order valence-electron chi connectivity index (χ3n) is 25.7. The molecular formula is C104H105BrClFN12O5. The zero-order valence-corrected chi connectivity index (χ0v) is 72.5. The first-order valence-electron chi connectivity index (χ1n) is 44.9. The van der Waals surface area contributed by atoms with E-state index >= 15 is 0 Å². The highest BCUT2D eigenvalue weighted by atomic mass is 79.9. The van der Waals surface area contributed by atoms with Crippen LogP contribution in [0.15, 0.2) is 199 Å². The highest BCUT2D eigenvalue weighted by Gasteiger charge is 2.33. The van der Waals surface area contributed by atoms with Crippen LogP contribution in [0, 0.1) is 5.82 Å². The van der Waals surface area contributed by atoms with Crippen molar-refractivity contribution in [2.45, 2.75) is 229 Å². The predicted octanol–water partition coefficient (Wildman–Crippen LogP) is 23.1. The van der Waals surface area contributed by atoms with Crippen molar-refractivity contribution in [2.75, 3.05) is 21.3 Å². The maximum atomic E-state index is 13.2. The smallest absolute Gasteiger partial charge is 0.229 e. The van der Waals surface area contributed by atoms with Crippen molar-refractivity contribution in [2.24, 2.45) is 0 Å². The van der Waals surface area contributed by atoms with Gasteiger partial charge in [-0.2, -0.15) is 0 Å². The summed E-state index contributed by atoms with van der Waals surface area (Å²) in [4.78, 5) is 91.8. The quantitative estimate of drug-likeness (QED) is 0.0606. The van der Waals surface area contributed by atoms with Gasteiger partial charge in [-0.1, -0.05) is 250 Å². The highest BCUT2D eigenvalue weighted by molar-refractivity contribution is 9.10. The van der Waals surface area contributed by atoms with Gasteiger partial charge in [-0.05, 0) is 196 Å². The molecular weight excluding hydrogens is 1630 g/mol. The van der Waals surface area contributed by atoms with Crippen LogP contribution in [0.5, 0.6) is 5.75 Å². The van der Waals surface area contributed by atoms with Crippen molar-refractivity contribution >= 4 is 74.4 Å². The number of nitrogens with one attached hydrogen (secondary N) is 4. The first-order chi connectivity index (χ1) is 60.7. The summed E-state index contributed by atoms with van der Waals surface area (Å²) in [6.45, 7) is 0. The molecule has 4 heterocycles. The van der Waals surface area contributed by atoms with E-state index in [0.29, 0.717) is 64.8 Å². The van der Waals surface area contributed by atoms with Crippen molar-refractivity contribution < 1.29 is 28.7 Å². The Morgan fingerprint density at radius 1 is 0.315 bits per heavy atom. The second-order valence-corrected chi connectivity index (χ2v) is 35.8. The van der Waals surface area contributed by atoms with Gasteiger partial charge < -0.3 is 26.4 Å². The summed E-state index contributed by atoms with van der Waals surface area (Å²) in [5.74, 6) is 3.50. The molecule has 4 amide bonds. The Balaban J connectivity index is 0.000000117. The Morgan fingerprint density at radius 2 is 0.556 bits per heavy atom. The van der Waals surface area contributed by atoms with Crippen molar-refractivity contribution in [1.82, 2.24) is 39.9 Å². The number of aromatic nitrogens is 8. The number of nitrogens with zero attached hydrogens (tertiary/aromatic N) is 8. The number of benzene rings is 8. The molecule has 20 rings (SSSR count). The van der Waals surface area contributed by atoms with E-state index in [1.165, 1.54) is 128 Å². The molecule has 0 atom stereocenters. The van der Waals surface area contributed by atoms with E-state index in [9.17, 15) is 28.7 Å². The van der Waals surface area contributed by atoms with E-state index in [1.807, 2.05) is 54.6 Å². The minimum atomic E-state index is -0.301. The fourth-order valence-electron chi connectivity index (χ4n) is 19.3. The van der Waals surface area contributed by atoms with Crippen LogP contribution in [-0.2, 0) is 96.2 Å².